The van der Waals surface area contributed by atoms with Crippen molar-refractivity contribution in [1.29, 1.82) is 0 Å². The molecule has 0 saturated carbocycles. The average Bonchev–Trinajstić information content (AvgIpc) is 3.16. The Bertz CT molecular complexity index is 864. The van der Waals surface area contributed by atoms with Crippen LogP contribution in [0.15, 0.2) is 24.3 Å². The van der Waals surface area contributed by atoms with Gasteiger partial charge in [-0.25, -0.2) is 0 Å². The van der Waals surface area contributed by atoms with Crippen LogP contribution in [0.2, 0.25) is 0 Å². The highest BCUT2D eigenvalue weighted by atomic mass is 16.7. The van der Waals surface area contributed by atoms with Crippen LogP contribution in [0, 0.1) is 0 Å². The molecule has 9 nitrogen and oxygen atoms in total. The minimum Gasteiger partial charge on any atom is -0.457 e. The summed E-state index contributed by atoms with van der Waals surface area (Å²) in [6.45, 7) is 4.49. The summed E-state index contributed by atoms with van der Waals surface area (Å²) in [7, 11) is 0. The Morgan fingerprint density at radius 3 is 1.60 bits per heavy atom. The number of rotatable bonds is 37. The zero-order valence-electron chi connectivity index (χ0n) is 34.0. The molecule has 1 fully saturated rings. The van der Waals surface area contributed by atoms with Gasteiger partial charge in [0.1, 0.15) is 30.5 Å². The van der Waals surface area contributed by atoms with Crippen LogP contribution in [0.5, 0.6) is 0 Å². The highest BCUT2D eigenvalue weighted by Gasteiger charge is 2.44. The Morgan fingerprint density at radius 2 is 1.08 bits per heavy atom. The van der Waals surface area contributed by atoms with Crippen molar-refractivity contribution in [2.24, 2.45) is 0 Å². The maximum atomic E-state index is 12.7. The van der Waals surface area contributed by atoms with Crippen molar-refractivity contribution in [1.82, 2.24) is 0 Å². The summed E-state index contributed by atoms with van der Waals surface area (Å²) in [5.41, 5.74) is 0. The molecule has 1 aliphatic rings. The SMILES string of the molecule is CCC/C=C\CCCCCCCCOCC(COC1OC(CO)C(O)C(O)C1O)OC(=O)CCCCCCCCCCC/C=C\CCCCCCCC. The molecule has 6 unspecified atom stereocenters. The lowest BCUT2D eigenvalue weighted by atomic mass is 9.99. The van der Waals surface area contributed by atoms with Crippen molar-refractivity contribution in [3.05, 3.63) is 24.3 Å². The topological polar surface area (TPSA) is 135 Å². The maximum absolute atomic E-state index is 12.7. The van der Waals surface area contributed by atoms with Gasteiger partial charge >= 0.3 is 5.97 Å². The van der Waals surface area contributed by atoms with Crippen molar-refractivity contribution in [2.75, 3.05) is 26.4 Å². The zero-order chi connectivity index (χ0) is 38.6. The van der Waals surface area contributed by atoms with Gasteiger partial charge in [0.2, 0.25) is 0 Å². The lowest BCUT2D eigenvalue weighted by Gasteiger charge is -2.39. The minimum atomic E-state index is -1.53. The Kier molecular flexibility index (Phi) is 34.0. The molecule has 9 heteroatoms. The molecule has 1 saturated heterocycles. The van der Waals surface area contributed by atoms with Gasteiger partial charge in [0.25, 0.3) is 0 Å². The molecule has 0 amide bonds. The number of carbonyl (C=O) groups excluding carboxylic acids is 1. The predicted octanol–water partition coefficient (Wildman–Crippen LogP) is 9.42. The lowest BCUT2D eigenvalue weighted by molar-refractivity contribution is -0.305. The van der Waals surface area contributed by atoms with E-state index in [-0.39, 0.29) is 19.2 Å². The number of hydrogen-bond acceptors (Lipinski definition) is 9. The third kappa shape index (κ3) is 27.8. The second-order valence-electron chi connectivity index (χ2n) is 15.1. The first kappa shape index (κ1) is 49.7. The number of aliphatic hydroxyl groups excluding tert-OH is 4. The summed E-state index contributed by atoms with van der Waals surface area (Å²) in [6, 6.07) is 0. The van der Waals surface area contributed by atoms with Gasteiger partial charge in [-0.2, -0.15) is 0 Å². The van der Waals surface area contributed by atoms with E-state index in [9.17, 15) is 25.2 Å². The molecule has 312 valence electrons. The van der Waals surface area contributed by atoms with E-state index in [4.69, 9.17) is 18.9 Å². The molecule has 0 spiro atoms. The third-order valence-corrected chi connectivity index (χ3v) is 10.1. The van der Waals surface area contributed by atoms with Crippen molar-refractivity contribution >= 4 is 5.97 Å². The first-order chi connectivity index (χ1) is 25.9. The Labute approximate surface area is 324 Å². The van der Waals surface area contributed by atoms with Crippen molar-refractivity contribution in [3.63, 3.8) is 0 Å². The van der Waals surface area contributed by atoms with Gasteiger partial charge in [-0.15, -0.1) is 0 Å². The molecule has 1 rings (SSSR count). The molecule has 1 aliphatic heterocycles. The third-order valence-electron chi connectivity index (χ3n) is 10.1. The molecule has 1 heterocycles. The van der Waals surface area contributed by atoms with E-state index in [1.807, 2.05) is 0 Å². The Morgan fingerprint density at radius 1 is 0.585 bits per heavy atom. The number of esters is 1. The largest absolute Gasteiger partial charge is 0.457 e. The van der Waals surface area contributed by atoms with Gasteiger partial charge in [-0.05, 0) is 57.8 Å². The first-order valence-electron chi connectivity index (χ1n) is 21.9. The molecule has 0 aliphatic carbocycles. The van der Waals surface area contributed by atoms with E-state index < -0.39 is 43.4 Å². The van der Waals surface area contributed by atoms with Crippen LogP contribution in [-0.2, 0) is 23.7 Å². The van der Waals surface area contributed by atoms with Gasteiger partial charge in [-0.1, -0.05) is 147 Å². The lowest BCUT2D eigenvalue weighted by Crippen LogP contribution is -2.59. The van der Waals surface area contributed by atoms with Crippen LogP contribution >= 0.6 is 0 Å². The fourth-order valence-corrected chi connectivity index (χ4v) is 6.61. The highest BCUT2D eigenvalue weighted by molar-refractivity contribution is 5.69. The highest BCUT2D eigenvalue weighted by Crippen LogP contribution is 2.22. The van der Waals surface area contributed by atoms with Crippen LogP contribution in [-0.4, -0.2) is 89.6 Å². The molecule has 0 radical (unpaired) electrons. The number of unbranched alkanes of at least 4 members (excludes halogenated alkanes) is 22. The monoisotopic (exact) mass is 755 g/mol. The van der Waals surface area contributed by atoms with Gasteiger partial charge in [0, 0.05) is 13.0 Å². The summed E-state index contributed by atoms with van der Waals surface area (Å²) in [5, 5.41) is 40.0. The number of allylic oxidation sites excluding steroid dienone is 4. The molecular formula is C44H82O9. The van der Waals surface area contributed by atoms with Gasteiger partial charge in [0.15, 0.2) is 6.29 Å². The van der Waals surface area contributed by atoms with Gasteiger partial charge < -0.3 is 39.4 Å². The van der Waals surface area contributed by atoms with E-state index >= 15 is 0 Å². The van der Waals surface area contributed by atoms with Crippen LogP contribution in [0.3, 0.4) is 0 Å². The summed E-state index contributed by atoms with van der Waals surface area (Å²) in [4.78, 5) is 12.7. The average molecular weight is 755 g/mol. The second kappa shape index (κ2) is 36.3. The number of hydrogen-bond donors (Lipinski definition) is 4. The van der Waals surface area contributed by atoms with E-state index in [0.29, 0.717) is 13.0 Å². The number of aliphatic hydroxyl groups is 4. The number of carbonyl (C=O) groups is 1. The molecule has 6 atom stereocenters. The van der Waals surface area contributed by atoms with Crippen LogP contribution in [0.4, 0.5) is 0 Å². The standard InChI is InChI=1S/C44H82O9/c1-3-5-7-9-11-13-15-16-17-18-19-20-21-22-23-25-27-29-31-33-40(46)52-38(37-51-44-43(49)42(48)41(47)39(35-45)53-44)36-50-34-32-30-28-26-24-14-12-10-8-6-4-2/h8,10,16-17,38-39,41-45,47-49H,3-7,9,11-15,18-37H2,1-2H3/b10-8-,17-16-. The number of ether oxygens (including phenoxy) is 4. The maximum Gasteiger partial charge on any atom is 0.306 e. The fourth-order valence-electron chi connectivity index (χ4n) is 6.61. The Hall–Kier alpha value is -1.33. The van der Waals surface area contributed by atoms with E-state index in [0.717, 1.165) is 44.9 Å². The van der Waals surface area contributed by atoms with Gasteiger partial charge in [-0.3, -0.25) is 4.79 Å². The Balaban J connectivity index is 2.24. The molecule has 0 aromatic heterocycles. The molecule has 53 heavy (non-hydrogen) atoms. The second-order valence-corrected chi connectivity index (χ2v) is 15.1. The summed E-state index contributed by atoms with van der Waals surface area (Å²) < 4.78 is 22.8. The predicted molar refractivity (Wildman–Crippen MR) is 215 cm³/mol. The normalized spacial score (nSPS) is 21.2. The molecule has 0 aromatic rings. The fraction of sp³-hybridized carbons (Fsp3) is 0.886. The summed E-state index contributed by atoms with van der Waals surface area (Å²) in [5.74, 6) is -0.318. The molecule has 0 aromatic carbocycles. The van der Waals surface area contributed by atoms with Crippen LogP contribution < -0.4 is 0 Å². The van der Waals surface area contributed by atoms with Crippen molar-refractivity contribution < 1.29 is 44.2 Å². The van der Waals surface area contributed by atoms with Crippen molar-refractivity contribution in [2.45, 2.75) is 224 Å². The summed E-state index contributed by atoms with van der Waals surface area (Å²) >= 11 is 0. The quantitative estimate of drug-likeness (QED) is 0.0278. The molecule has 0 bridgehead atoms. The van der Waals surface area contributed by atoms with E-state index in [2.05, 4.69) is 38.2 Å². The molecule has 4 N–H and O–H groups in total. The zero-order valence-corrected chi connectivity index (χ0v) is 34.0. The smallest absolute Gasteiger partial charge is 0.306 e. The van der Waals surface area contributed by atoms with Crippen LogP contribution in [0.1, 0.15) is 187 Å². The molecular weight excluding hydrogens is 672 g/mol. The van der Waals surface area contributed by atoms with Crippen molar-refractivity contribution in [3.8, 4) is 0 Å². The van der Waals surface area contributed by atoms with Gasteiger partial charge in [0.05, 0.1) is 19.8 Å². The summed E-state index contributed by atoms with van der Waals surface area (Å²) in [6.07, 6.45) is 33.5. The minimum absolute atomic E-state index is 0.114. The van der Waals surface area contributed by atoms with Crippen LogP contribution in [0.25, 0.3) is 0 Å². The van der Waals surface area contributed by atoms with E-state index in [1.54, 1.807) is 0 Å². The van der Waals surface area contributed by atoms with E-state index in [1.165, 1.54) is 122 Å². The first-order valence-corrected chi connectivity index (χ1v) is 21.9.